The summed E-state index contributed by atoms with van der Waals surface area (Å²) in [5.41, 5.74) is 6.57. The van der Waals surface area contributed by atoms with Crippen molar-refractivity contribution < 1.29 is 4.74 Å². The van der Waals surface area contributed by atoms with E-state index < -0.39 is 0 Å². The van der Waals surface area contributed by atoms with Crippen LogP contribution in [0.1, 0.15) is 73.1 Å². The first-order valence-corrected chi connectivity index (χ1v) is 13.2. The number of fused-ring (bicyclic) bond motifs is 1. The van der Waals surface area contributed by atoms with Crippen molar-refractivity contribution in [1.82, 2.24) is 19.4 Å². The zero-order chi connectivity index (χ0) is 23.3. The molecular formula is C26H36N4O2S. The van der Waals surface area contributed by atoms with Crippen LogP contribution in [-0.2, 0) is 11.8 Å². The largest absolute Gasteiger partial charge is 0.379 e. The summed E-state index contributed by atoms with van der Waals surface area (Å²) < 4.78 is 7.23. The summed E-state index contributed by atoms with van der Waals surface area (Å²) in [6.07, 6.45) is 6.94. The van der Waals surface area contributed by atoms with Crippen molar-refractivity contribution in [2.45, 2.75) is 71.3 Å². The molecular weight excluding hydrogens is 432 g/mol. The van der Waals surface area contributed by atoms with E-state index in [0.29, 0.717) is 17.9 Å². The molecule has 1 aliphatic heterocycles. The van der Waals surface area contributed by atoms with Crippen LogP contribution >= 0.6 is 11.3 Å². The van der Waals surface area contributed by atoms with Gasteiger partial charge in [0.1, 0.15) is 10.3 Å². The maximum Gasteiger partial charge on any atom is 0.253 e. The number of ether oxygens (including phenoxy) is 1. The van der Waals surface area contributed by atoms with Crippen molar-refractivity contribution in [1.29, 1.82) is 0 Å². The highest BCUT2D eigenvalue weighted by Gasteiger charge is 2.30. The van der Waals surface area contributed by atoms with Gasteiger partial charge in [0, 0.05) is 55.0 Å². The van der Waals surface area contributed by atoms with Gasteiger partial charge in [0.2, 0.25) is 0 Å². The monoisotopic (exact) mass is 468 g/mol. The molecule has 0 spiro atoms. The van der Waals surface area contributed by atoms with Gasteiger partial charge in [0.25, 0.3) is 5.56 Å². The Hall–Kier alpha value is -1.96. The zero-order valence-electron chi connectivity index (χ0n) is 20.5. The Bertz CT molecular complexity index is 1210. The van der Waals surface area contributed by atoms with E-state index in [4.69, 9.17) is 9.72 Å². The molecule has 0 radical (unpaired) electrons. The van der Waals surface area contributed by atoms with E-state index in [1.807, 2.05) is 31.5 Å². The van der Waals surface area contributed by atoms with Crippen molar-refractivity contribution in [3.8, 4) is 11.3 Å². The number of morpholine rings is 1. The van der Waals surface area contributed by atoms with Crippen molar-refractivity contribution in [2.75, 3.05) is 26.3 Å². The molecule has 1 aliphatic carbocycles. The molecule has 0 atom stereocenters. The highest BCUT2D eigenvalue weighted by molar-refractivity contribution is 7.18. The predicted molar refractivity (Wildman–Crippen MR) is 136 cm³/mol. The summed E-state index contributed by atoms with van der Waals surface area (Å²) in [5, 5.41) is 1.29. The highest BCUT2D eigenvalue weighted by atomic mass is 32.1. The quantitative estimate of drug-likeness (QED) is 0.579. The number of aromatic nitrogens is 3. The topological polar surface area (TPSA) is 63.2 Å². The Morgan fingerprint density at radius 3 is 2.48 bits per heavy atom. The van der Waals surface area contributed by atoms with Gasteiger partial charge < -0.3 is 14.3 Å². The maximum atomic E-state index is 12.4. The second-order valence-corrected chi connectivity index (χ2v) is 11.2. The third-order valence-corrected chi connectivity index (χ3v) is 8.93. The Labute approximate surface area is 200 Å². The molecule has 0 aromatic carbocycles. The average Bonchev–Trinajstić information content (AvgIpc) is 3.38. The van der Waals surface area contributed by atoms with Crippen molar-refractivity contribution >= 4 is 21.7 Å². The van der Waals surface area contributed by atoms with Gasteiger partial charge in [0.15, 0.2) is 0 Å². The van der Waals surface area contributed by atoms with Gasteiger partial charge in [-0.25, -0.2) is 4.98 Å². The Kier molecular flexibility index (Phi) is 6.23. The molecule has 4 heterocycles. The lowest BCUT2D eigenvalue weighted by atomic mass is 9.85. The fraction of sp³-hybridized carbons (Fsp3) is 0.615. The predicted octanol–water partition coefficient (Wildman–Crippen LogP) is 5.09. The van der Waals surface area contributed by atoms with Gasteiger partial charge in [-0.3, -0.25) is 9.69 Å². The van der Waals surface area contributed by atoms with Gasteiger partial charge in [0.05, 0.1) is 23.9 Å². The summed E-state index contributed by atoms with van der Waals surface area (Å²) in [5.74, 6) is 0.913. The van der Waals surface area contributed by atoms with Gasteiger partial charge in [-0.05, 0) is 51.0 Å². The highest BCUT2D eigenvalue weighted by Crippen LogP contribution is 2.43. The lowest BCUT2D eigenvalue weighted by molar-refractivity contribution is 0.00729. The smallest absolute Gasteiger partial charge is 0.253 e. The molecule has 5 rings (SSSR count). The molecule has 3 aromatic rings. The van der Waals surface area contributed by atoms with Gasteiger partial charge in [-0.15, -0.1) is 11.3 Å². The standard InChI is InChI=1S/C26H36N4O2S/c1-15(2)21-22(20-14-29(5)26(31)17(4)16(20)3)27-25-23(21)28-24(33-25)18-6-8-19(9-7-18)30-10-12-32-13-11-30/h14-15,18-19,27H,6-13H2,1-5H3. The van der Waals surface area contributed by atoms with Crippen LogP contribution < -0.4 is 5.56 Å². The number of aryl methyl sites for hydroxylation is 1. The molecule has 33 heavy (non-hydrogen) atoms. The van der Waals surface area contributed by atoms with Crippen LogP contribution in [0.5, 0.6) is 0 Å². The Morgan fingerprint density at radius 1 is 1.12 bits per heavy atom. The Morgan fingerprint density at radius 2 is 1.82 bits per heavy atom. The van der Waals surface area contributed by atoms with Gasteiger partial charge in [-0.1, -0.05) is 13.8 Å². The summed E-state index contributed by atoms with van der Waals surface area (Å²) in [4.78, 5) is 25.1. The number of pyridine rings is 1. The van der Waals surface area contributed by atoms with Crippen LogP contribution in [0.3, 0.4) is 0 Å². The first-order valence-electron chi connectivity index (χ1n) is 12.4. The molecule has 7 heteroatoms. The van der Waals surface area contributed by atoms with Crippen LogP contribution in [-0.4, -0.2) is 51.8 Å². The minimum absolute atomic E-state index is 0.0730. The molecule has 0 unspecified atom stereocenters. The summed E-state index contributed by atoms with van der Waals surface area (Å²) >= 11 is 1.84. The van der Waals surface area contributed by atoms with E-state index in [1.54, 1.807) is 4.57 Å². The number of thiazole rings is 1. The minimum atomic E-state index is 0.0730. The molecule has 178 valence electrons. The minimum Gasteiger partial charge on any atom is -0.379 e. The third kappa shape index (κ3) is 4.08. The second-order valence-electron chi connectivity index (χ2n) is 10.2. The molecule has 2 fully saturated rings. The molecule has 3 aromatic heterocycles. The zero-order valence-corrected chi connectivity index (χ0v) is 21.3. The van der Waals surface area contributed by atoms with E-state index in [0.717, 1.165) is 54.2 Å². The van der Waals surface area contributed by atoms with Crippen LogP contribution in [0.25, 0.3) is 21.6 Å². The van der Waals surface area contributed by atoms with Crippen molar-refractivity contribution in [3.05, 3.63) is 38.2 Å². The number of H-pyrrole nitrogens is 1. The van der Waals surface area contributed by atoms with Gasteiger partial charge in [-0.2, -0.15) is 0 Å². The third-order valence-electron chi connectivity index (χ3n) is 7.79. The fourth-order valence-electron chi connectivity index (χ4n) is 5.71. The van der Waals surface area contributed by atoms with E-state index in [2.05, 4.69) is 30.7 Å². The first kappa shape index (κ1) is 22.8. The van der Waals surface area contributed by atoms with Crippen LogP contribution in [0.15, 0.2) is 11.0 Å². The normalized spacial score (nSPS) is 22.5. The number of nitrogens with zero attached hydrogens (tertiary/aromatic N) is 3. The number of aromatic amines is 1. The van der Waals surface area contributed by atoms with E-state index in [1.165, 1.54) is 41.1 Å². The molecule has 6 nitrogen and oxygen atoms in total. The van der Waals surface area contributed by atoms with E-state index >= 15 is 0 Å². The summed E-state index contributed by atoms with van der Waals surface area (Å²) in [6.45, 7) is 12.4. The summed E-state index contributed by atoms with van der Waals surface area (Å²) in [7, 11) is 1.84. The van der Waals surface area contributed by atoms with Crippen LogP contribution in [0.4, 0.5) is 0 Å². The molecule has 1 saturated carbocycles. The molecule has 0 bridgehead atoms. The van der Waals surface area contributed by atoms with E-state index in [-0.39, 0.29) is 5.56 Å². The number of nitrogens with one attached hydrogen (secondary N) is 1. The SMILES string of the molecule is Cc1c(-c2[nH]c3sc(C4CCC(N5CCOCC5)CC4)nc3c2C(C)C)cn(C)c(=O)c1C. The van der Waals surface area contributed by atoms with E-state index in [9.17, 15) is 4.79 Å². The van der Waals surface area contributed by atoms with Crippen molar-refractivity contribution in [3.63, 3.8) is 0 Å². The number of hydrogen-bond donors (Lipinski definition) is 1. The molecule has 0 amide bonds. The fourth-order valence-corrected chi connectivity index (χ4v) is 6.86. The Balaban J connectivity index is 1.44. The number of rotatable bonds is 4. The molecule has 2 aliphatic rings. The van der Waals surface area contributed by atoms with Gasteiger partial charge >= 0.3 is 0 Å². The van der Waals surface area contributed by atoms with Crippen LogP contribution in [0.2, 0.25) is 0 Å². The molecule has 1 N–H and O–H groups in total. The number of hydrogen-bond acceptors (Lipinski definition) is 5. The average molecular weight is 469 g/mol. The maximum absolute atomic E-state index is 12.4. The lowest BCUT2D eigenvalue weighted by Gasteiger charge is -2.38. The lowest BCUT2D eigenvalue weighted by Crippen LogP contribution is -2.44. The second kappa shape index (κ2) is 9.01. The van der Waals surface area contributed by atoms with Crippen LogP contribution in [0, 0.1) is 13.8 Å². The molecule has 1 saturated heterocycles. The first-order chi connectivity index (χ1) is 15.8. The van der Waals surface area contributed by atoms with Crippen molar-refractivity contribution in [2.24, 2.45) is 7.05 Å². The summed E-state index contributed by atoms with van der Waals surface area (Å²) in [6, 6.07) is 0.712.